The van der Waals surface area contributed by atoms with Crippen LogP contribution in [0.5, 0.6) is 0 Å². The topological polar surface area (TPSA) is 67.3 Å². The number of nitrogens with zero attached hydrogens (tertiary/aromatic N) is 3. The van der Waals surface area contributed by atoms with Gasteiger partial charge in [0.1, 0.15) is 11.6 Å². The first-order valence-corrected chi connectivity index (χ1v) is 11.8. The number of aromatic nitrogens is 2. The van der Waals surface area contributed by atoms with Crippen molar-refractivity contribution in [3.05, 3.63) is 52.8 Å². The van der Waals surface area contributed by atoms with Gasteiger partial charge >= 0.3 is 6.18 Å². The van der Waals surface area contributed by atoms with E-state index in [0.717, 1.165) is 11.8 Å². The van der Waals surface area contributed by atoms with Gasteiger partial charge in [-0.15, -0.1) is 0 Å². The van der Waals surface area contributed by atoms with Gasteiger partial charge in [-0.1, -0.05) is 12.1 Å². The maximum Gasteiger partial charge on any atom is 0.416 e. The third-order valence-corrected chi connectivity index (χ3v) is 6.74. The van der Waals surface area contributed by atoms with E-state index in [4.69, 9.17) is 4.74 Å². The van der Waals surface area contributed by atoms with E-state index in [-0.39, 0.29) is 20.1 Å². The molecule has 34 heavy (non-hydrogen) atoms. The number of ether oxygens (including phenoxy) is 1. The highest BCUT2D eigenvalue weighted by Crippen LogP contribution is 2.36. The van der Waals surface area contributed by atoms with E-state index < -0.39 is 17.8 Å². The van der Waals surface area contributed by atoms with Crippen LogP contribution in [-0.4, -0.2) is 35.8 Å². The molecule has 0 bridgehead atoms. The third-order valence-electron chi connectivity index (χ3n) is 6.18. The lowest BCUT2D eigenvalue weighted by Gasteiger charge is -2.36. The normalized spacial score (nSPS) is 17.9. The first-order valence-electron chi connectivity index (χ1n) is 11.0. The summed E-state index contributed by atoms with van der Waals surface area (Å²) in [5.74, 6) is 1.02. The van der Waals surface area contributed by atoms with Gasteiger partial charge < -0.3 is 15.0 Å². The summed E-state index contributed by atoms with van der Waals surface area (Å²) in [5.41, 5.74) is 1.49. The number of alkyl halides is 3. The first kappa shape index (κ1) is 24.4. The standard InChI is InChI=1S/C24H26F3N4O2P/c1-13-12-33-9-8-31(13)21-10-18-20(11-22(21)34-32)29-16(4)30-23(18)28-15(3)17-6-5-7-19(14(17)2)24(25,26)27/h5-7,10-11,13,15H,8-9,12H2,1-4H3,(H,28,29,30)/t13?,15-/m1/s1. The van der Waals surface area contributed by atoms with Gasteiger partial charge in [-0.05, 0) is 57.0 Å². The zero-order chi connectivity index (χ0) is 24.6. The molecule has 0 aliphatic carbocycles. The average molecular weight is 490 g/mol. The molecule has 10 heteroatoms. The van der Waals surface area contributed by atoms with E-state index in [2.05, 4.69) is 20.2 Å². The third kappa shape index (κ3) is 4.72. The fraction of sp³-hybridized carbons (Fsp3) is 0.417. The molecule has 0 saturated carbocycles. The summed E-state index contributed by atoms with van der Waals surface area (Å²) < 4.78 is 57.8. The Kier molecular flexibility index (Phi) is 6.78. The van der Waals surface area contributed by atoms with Crippen molar-refractivity contribution in [2.75, 3.05) is 30.0 Å². The molecule has 0 radical (unpaired) electrons. The van der Waals surface area contributed by atoms with Crippen LogP contribution in [0.25, 0.3) is 10.9 Å². The Morgan fingerprint density at radius 2 is 2.00 bits per heavy atom. The zero-order valence-electron chi connectivity index (χ0n) is 19.4. The molecule has 1 aliphatic rings. The SMILES string of the molecule is Cc1nc(N[C@H](C)c2cccc(C(F)(F)F)c2C)c2cc(N3CCOCC3C)c(P=O)cc2n1. The number of nitrogens with one attached hydrogen (secondary N) is 1. The van der Waals surface area contributed by atoms with Crippen LogP contribution in [0, 0.1) is 13.8 Å². The van der Waals surface area contributed by atoms with Crippen molar-refractivity contribution >= 4 is 36.2 Å². The van der Waals surface area contributed by atoms with E-state index in [1.54, 1.807) is 26.0 Å². The second kappa shape index (κ2) is 9.47. The van der Waals surface area contributed by atoms with Gasteiger partial charge in [0, 0.05) is 18.0 Å². The van der Waals surface area contributed by atoms with Crippen molar-refractivity contribution in [1.82, 2.24) is 9.97 Å². The first-order chi connectivity index (χ1) is 16.1. The molecule has 2 aromatic carbocycles. The molecule has 3 aromatic rings. The number of hydrogen-bond acceptors (Lipinski definition) is 6. The van der Waals surface area contributed by atoms with E-state index in [1.807, 2.05) is 13.0 Å². The molecule has 1 saturated heterocycles. The summed E-state index contributed by atoms with van der Waals surface area (Å²) in [7, 11) is -0.120. The van der Waals surface area contributed by atoms with Crippen molar-refractivity contribution in [3.8, 4) is 0 Å². The lowest BCUT2D eigenvalue weighted by atomic mass is 9.97. The summed E-state index contributed by atoms with van der Waals surface area (Å²) in [6, 6.07) is 7.54. The molecule has 4 rings (SSSR count). The van der Waals surface area contributed by atoms with Crippen LogP contribution in [0.2, 0.25) is 0 Å². The van der Waals surface area contributed by atoms with Crippen molar-refractivity contribution in [3.63, 3.8) is 0 Å². The number of fused-ring (bicyclic) bond motifs is 1. The largest absolute Gasteiger partial charge is 0.416 e. The quantitative estimate of drug-likeness (QED) is 0.471. The van der Waals surface area contributed by atoms with Crippen LogP contribution >= 0.6 is 8.46 Å². The van der Waals surface area contributed by atoms with E-state index >= 15 is 0 Å². The van der Waals surface area contributed by atoms with Crippen LogP contribution in [-0.2, 0) is 15.5 Å². The molecule has 0 spiro atoms. The smallest absolute Gasteiger partial charge is 0.377 e. The van der Waals surface area contributed by atoms with Crippen molar-refractivity contribution in [2.45, 2.75) is 46.0 Å². The number of anilines is 2. The summed E-state index contributed by atoms with van der Waals surface area (Å²) >= 11 is 0. The van der Waals surface area contributed by atoms with Crippen LogP contribution in [0.15, 0.2) is 30.3 Å². The Morgan fingerprint density at radius 3 is 2.68 bits per heavy atom. The molecule has 1 N–H and O–H groups in total. The van der Waals surface area contributed by atoms with Gasteiger partial charge in [-0.25, -0.2) is 9.97 Å². The summed E-state index contributed by atoms with van der Waals surface area (Å²) in [5, 5.41) is 4.63. The predicted molar refractivity (Wildman–Crippen MR) is 127 cm³/mol. The number of benzene rings is 2. The Labute approximate surface area is 197 Å². The Hall–Kier alpha value is -2.77. The number of halogens is 3. The summed E-state index contributed by atoms with van der Waals surface area (Å²) in [4.78, 5) is 11.2. The molecule has 2 heterocycles. The number of rotatable bonds is 5. The predicted octanol–water partition coefficient (Wildman–Crippen LogP) is 5.58. The number of morpholine rings is 1. The zero-order valence-corrected chi connectivity index (χ0v) is 20.3. The molecule has 0 amide bonds. The maximum absolute atomic E-state index is 13.4. The Balaban J connectivity index is 1.78. The van der Waals surface area contributed by atoms with E-state index in [9.17, 15) is 17.7 Å². The van der Waals surface area contributed by atoms with Gasteiger partial charge in [-0.2, -0.15) is 13.2 Å². The monoisotopic (exact) mass is 490 g/mol. The molecular weight excluding hydrogens is 464 g/mol. The summed E-state index contributed by atoms with van der Waals surface area (Å²) in [6.45, 7) is 8.87. The van der Waals surface area contributed by atoms with Crippen LogP contribution < -0.4 is 15.5 Å². The minimum absolute atomic E-state index is 0.0983. The van der Waals surface area contributed by atoms with Gasteiger partial charge in [0.2, 0.25) is 0 Å². The molecule has 1 aromatic heterocycles. The summed E-state index contributed by atoms with van der Waals surface area (Å²) in [6.07, 6.45) is -4.42. The molecule has 1 fully saturated rings. The minimum atomic E-state index is -4.42. The second-order valence-corrected chi connectivity index (χ2v) is 9.23. The highest BCUT2D eigenvalue weighted by atomic mass is 31.1. The van der Waals surface area contributed by atoms with Crippen LogP contribution in [0.4, 0.5) is 24.7 Å². The fourth-order valence-electron chi connectivity index (χ4n) is 4.48. The van der Waals surface area contributed by atoms with E-state index in [0.29, 0.717) is 53.2 Å². The highest BCUT2D eigenvalue weighted by Gasteiger charge is 2.33. The molecule has 2 atom stereocenters. The van der Waals surface area contributed by atoms with E-state index in [1.165, 1.54) is 13.0 Å². The molecule has 1 aliphatic heterocycles. The Morgan fingerprint density at radius 1 is 1.24 bits per heavy atom. The van der Waals surface area contributed by atoms with Gasteiger partial charge in [0.15, 0.2) is 8.46 Å². The molecule has 1 unspecified atom stereocenters. The maximum atomic E-state index is 13.4. The molecular formula is C24H26F3N4O2P. The number of aryl methyl sites for hydroxylation is 1. The highest BCUT2D eigenvalue weighted by molar-refractivity contribution is 7.34. The van der Waals surface area contributed by atoms with Gasteiger partial charge in [0.05, 0.1) is 41.3 Å². The van der Waals surface area contributed by atoms with Crippen LogP contribution in [0.3, 0.4) is 0 Å². The van der Waals surface area contributed by atoms with Crippen molar-refractivity contribution < 1.29 is 22.5 Å². The van der Waals surface area contributed by atoms with Gasteiger partial charge in [0.25, 0.3) is 0 Å². The second-order valence-electron chi connectivity index (χ2n) is 8.57. The average Bonchev–Trinajstić information content (AvgIpc) is 2.78. The Bertz CT molecular complexity index is 1240. The van der Waals surface area contributed by atoms with Gasteiger partial charge in [-0.3, -0.25) is 4.57 Å². The van der Waals surface area contributed by atoms with Crippen LogP contribution in [0.1, 0.15) is 42.4 Å². The number of hydrogen-bond donors (Lipinski definition) is 1. The minimum Gasteiger partial charge on any atom is -0.377 e. The molecule has 6 nitrogen and oxygen atoms in total. The molecule has 180 valence electrons. The lowest BCUT2D eigenvalue weighted by molar-refractivity contribution is -0.138. The van der Waals surface area contributed by atoms with Crippen molar-refractivity contribution in [1.29, 1.82) is 0 Å². The lowest BCUT2D eigenvalue weighted by Crippen LogP contribution is -2.45. The van der Waals surface area contributed by atoms with Crippen molar-refractivity contribution in [2.24, 2.45) is 0 Å². The fourth-order valence-corrected chi connectivity index (χ4v) is 4.94.